The molecule has 6 rings (SSSR count). The van der Waals surface area contributed by atoms with E-state index in [-0.39, 0.29) is 39.9 Å². The first-order chi connectivity index (χ1) is 19.4. The Morgan fingerprint density at radius 2 is 1.78 bits per heavy atom. The van der Waals surface area contributed by atoms with Crippen LogP contribution in [0.2, 0.25) is 10.0 Å². The topological polar surface area (TPSA) is 121 Å². The van der Waals surface area contributed by atoms with Crippen molar-refractivity contribution in [3.63, 3.8) is 0 Å². The zero-order valence-electron chi connectivity index (χ0n) is 21.8. The van der Waals surface area contributed by atoms with Gasteiger partial charge < -0.3 is 9.84 Å². The van der Waals surface area contributed by atoms with E-state index in [1.54, 1.807) is 13.0 Å². The number of phenols is 1. The van der Waals surface area contributed by atoms with E-state index in [0.717, 1.165) is 18.1 Å². The first kappa shape index (κ1) is 27.4. The van der Waals surface area contributed by atoms with Crippen molar-refractivity contribution >= 4 is 58.6 Å². The van der Waals surface area contributed by atoms with Crippen LogP contribution in [0.1, 0.15) is 31.2 Å². The van der Waals surface area contributed by atoms with Crippen LogP contribution in [-0.4, -0.2) is 46.8 Å². The molecule has 9 nitrogen and oxygen atoms in total. The average molecular weight is 601 g/mol. The van der Waals surface area contributed by atoms with Crippen molar-refractivity contribution in [2.24, 2.45) is 29.1 Å². The van der Waals surface area contributed by atoms with E-state index in [0.29, 0.717) is 10.5 Å². The predicted molar refractivity (Wildman–Crippen MR) is 143 cm³/mol. The van der Waals surface area contributed by atoms with Crippen LogP contribution < -0.4 is 4.90 Å². The molecule has 2 aliphatic heterocycles. The molecule has 2 heterocycles. The van der Waals surface area contributed by atoms with Gasteiger partial charge in [-0.05, 0) is 62.1 Å². The van der Waals surface area contributed by atoms with Crippen LogP contribution in [-0.2, 0) is 23.9 Å². The van der Waals surface area contributed by atoms with E-state index in [2.05, 4.69) is 4.74 Å². The SMILES string of the molecule is COC(=O)N1C(=O)[C@H]2[C@H](CC=C3[C@H]2C[C@H]2C(=O)N(c4ccc(F)c(Cl)c4)C(=O)[C@@]2(C)[C@H]3c2cc(Cl)ccc2O)C1=O. The summed E-state index contributed by atoms with van der Waals surface area (Å²) < 4.78 is 18.6. The highest BCUT2D eigenvalue weighted by Crippen LogP contribution is 2.64. The number of ether oxygens (including phenoxy) is 1. The Labute approximate surface area is 243 Å². The molecule has 0 unspecified atom stereocenters. The Morgan fingerprint density at radius 1 is 1.05 bits per heavy atom. The molecule has 1 N–H and O–H groups in total. The van der Waals surface area contributed by atoms with Crippen LogP contribution in [0.25, 0.3) is 0 Å². The smallest absolute Gasteiger partial charge is 0.423 e. The molecule has 5 amide bonds. The Balaban J connectivity index is 1.54. The molecular formula is C29H23Cl2FN2O7. The largest absolute Gasteiger partial charge is 0.508 e. The molecule has 0 bridgehead atoms. The number of aromatic hydroxyl groups is 1. The summed E-state index contributed by atoms with van der Waals surface area (Å²) in [7, 11) is 1.07. The van der Waals surface area contributed by atoms with Gasteiger partial charge in [0.15, 0.2) is 0 Å². The number of imide groups is 4. The number of likely N-dealkylation sites (tertiary alicyclic amines) is 1. The van der Waals surface area contributed by atoms with E-state index in [1.807, 2.05) is 0 Å². The van der Waals surface area contributed by atoms with Crippen molar-refractivity contribution in [1.82, 2.24) is 4.90 Å². The highest BCUT2D eigenvalue weighted by Gasteiger charge is 2.68. The first-order valence-corrected chi connectivity index (χ1v) is 13.6. The number of phenolic OH excluding ortho intramolecular Hbond substituents is 1. The second kappa shape index (κ2) is 9.39. The number of amides is 5. The number of halogens is 3. The number of hydrogen-bond donors (Lipinski definition) is 1. The Morgan fingerprint density at radius 3 is 2.46 bits per heavy atom. The van der Waals surface area contributed by atoms with Gasteiger partial charge in [-0.1, -0.05) is 34.9 Å². The monoisotopic (exact) mass is 600 g/mol. The molecule has 2 aromatic carbocycles. The van der Waals surface area contributed by atoms with Crippen molar-refractivity contribution in [2.75, 3.05) is 12.0 Å². The van der Waals surface area contributed by atoms with Gasteiger partial charge in [-0.3, -0.25) is 19.2 Å². The molecule has 6 atom stereocenters. The number of hydrogen-bond acceptors (Lipinski definition) is 7. The van der Waals surface area contributed by atoms with Crippen molar-refractivity contribution in [3.05, 3.63) is 69.5 Å². The van der Waals surface area contributed by atoms with Gasteiger partial charge in [-0.15, -0.1) is 0 Å². The van der Waals surface area contributed by atoms with Crippen molar-refractivity contribution in [3.8, 4) is 5.75 Å². The number of benzene rings is 2. The zero-order chi connectivity index (χ0) is 29.5. The molecular weight excluding hydrogens is 578 g/mol. The molecule has 3 fully saturated rings. The molecule has 41 heavy (non-hydrogen) atoms. The van der Waals surface area contributed by atoms with Gasteiger partial charge >= 0.3 is 6.09 Å². The van der Waals surface area contributed by atoms with Crippen LogP contribution in [0.4, 0.5) is 14.9 Å². The Kier molecular flexibility index (Phi) is 6.28. The highest BCUT2D eigenvalue weighted by atomic mass is 35.5. The van der Waals surface area contributed by atoms with E-state index in [1.165, 1.54) is 30.3 Å². The molecule has 2 aromatic rings. The van der Waals surface area contributed by atoms with Crippen LogP contribution in [0, 0.1) is 34.9 Å². The lowest BCUT2D eigenvalue weighted by Gasteiger charge is -2.49. The van der Waals surface area contributed by atoms with E-state index in [9.17, 15) is 33.5 Å². The second-order valence-corrected chi connectivity index (χ2v) is 11.8. The van der Waals surface area contributed by atoms with E-state index < -0.39 is 70.5 Å². The van der Waals surface area contributed by atoms with Gasteiger partial charge in [0, 0.05) is 16.5 Å². The maximum absolute atomic E-state index is 14.3. The maximum atomic E-state index is 14.3. The summed E-state index contributed by atoms with van der Waals surface area (Å²) in [5, 5.41) is 11.0. The number of anilines is 1. The lowest BCUT2D eigenvalue weighted by molar-refractivity contribution is -0.138. The quantitative estimate of drug-likeness (QED) is 0.387. The van der Waals surface area contributed by atoms with Gasteiger partial charge in [-0.2, -0.15) is 4.90 Å². The lowest BCUT2D eigenvalue weighted by Crippen LogP contribution is -2.49. The third-order valence-corrected chi connectivity index (χ3v) is 9.62. The molecule has 4 aliphatic rings. The van der Waals surface area contributed by atoms with Gasteiger partial charge in [-0.25, -0.2) is 14.1 Å². The van der Waals surface area contributed by atoms with Crippen molar-refractivity contribution in [2.45, 2.75) is 25.7 Å². The molecule has 0 radical (unpaired) electrons. The number of allylic oxidation sites excluding steroid dienone is 2. The summed E-state index contributed by atoms with van der Waals surface area (Å²) >= 11 is 12.3. The fraction of sp³-hybridized carbons (Fsp3) is 0.345. The van der Waals surface area contributed by atoms with E-state index >= 15 is 0 Å². The van der Waals surface area contributed by atoms with Crippen LogP contribution in [0.3, 0.4) is 0 Å². The molecule has 0 aromatic heterocycles. The summed E-state index contributed by atoms with van der Waals surface area (Å²) in [4.78, 5) is 68.8. The summed E-state index contributed by atoms with van der Waals surface area (Å²) in [6, 6.07) is 7.90. The molecule has 1 saturated carbocycles. The molecule has 212 valence electrons. The van der Waals surface area contributed by atoms with E-state index in [4.69, 9.17) is 23.2 Å². The second-order valence-electron chi connectivity index (χ2n) is 10.9. The third kappa shape index (κ3) is 3.69. The van der Waals surface area contributed by atoms with Crippen molar-refractivity contribution in [1.29, 1.82) is 0 Å². The molecule has 2 saturated heterocycles. The molecule has 2 aliphatic carbocycles. The summed E-state index contributed by atoms with van der Waals surface area (Å²) in [6.07, 6.45) is 0.796. The number of rotatable bonds is 2. The highest BCUT2D eigenvalue weighted by molar-refractivity contribution is 6.32. The minimum absolute atomic E-state index is 0.0192. The number of fused-ring (bicyclic) bond motifs is 4. The van der Waals surface area contributed by atoms with Gasteiger partial charge in [0.1, 0.15) is 11.6 Å². The predicted octanol–water partition coefficient (Wildman–Crippen LogP) is 4.84. The fourth-order valence-corrected chi connectivity index (χ4v) is 7.61. The van der Waals surface area contributed by atoms with Crippen LogP contribution in [0.5, 0.6) is 5.75 Å². The number of carbonyl (C=O) groups is 5. The normalized spacial score (nSPS) is 30.7. The zero-order valence-corrected chi connectivity index (χ0v) is 23.3. The minimum atomic E-state index is -1.46. The van der Waals surface area contributed by atoms with Gasteiger partial charge in [0.05, 0.1) is 41.0 Å². The maximum Gasteiger partial charge on any atom is 0.423 e. The number of methoxy groups -OCH3 is 1. The fourth-order valence-electron chi connectivity index (χ4n) is 7.26. The van der Waals surface area contributed by atoms with Crippen LogP contribution in [0.15, 0.2) is 48.0 Å². The van der Waals surface area contributed by atoms with Gasteiger partial charge in [0.25, 0.3) is 0 Å². The Bertz CT molecular complexity index is 1610. The number of nitrogens with zero attached hydrogens (tertiary/aromatic N) is 2. The average Bonchev–Trinajstić information content (AvgIpc) is 3.31. The minimum Gasteiger partial charge on any atom is -0.508 e. The summed E-state index contributed by atoms with van der Waals surface area (Å²) in [6.45, 7) is 1.62. The molecule has 0 spiro atoms. The first-order valence-electron chi connectivity index (χ1n) is 12.9. The van der Waals surface area contributed by atoms with Crippen molar-refractivity contribution < 1.29 is 38.2 Å². The molecule has 12 heteroatoms. The summed E-state index contributed by atoms with van der Waals surface area (Å²) in [5.41, 5.74) is -0.505. The third-order valence-electron chi connectivity index (χ3n) is 9.09. The van der Waals surface area contributed by atoms with Gasteiger partial charge in [0.2, 0.25) is 23.6 Å². The standard InChI is InChI=1S/C29H23Cl2FN2O7/c1-29-18(25(37)33(27(29)39)13-4-7-20(32)19(31)10-13)11-16-14(23(29)17-9-12(30)3-8-21(17)35)5-6-15-22(16)26(38)34(24(15)36)28(40)41-2/h3-5,7-10,15-16,18,22-23,35H,6,11H2,1-2H3/t15-,16+,18-,22-,23+,29+/m0/s1. The lowest BCUT2D eigenvalue weighted by atomic mass is 9.51. The number of carbonyl (C=O) groups excluding carboxylic acids is 5. The Hall–Kier alpha value is -3.76. The van der Waals surface area contributed by atoms with Crippen LogP contribution >= 0.6 is 23.2 Å². The summed E-state index contributed by atoms with van der Waals surface area (Å²) in [5.74, 6) is -7.96.